The van der Waals surface area contributed by atoms with E-state index in [2.05, 4.69) is 15.3 Å². The summed E-state index contributed by atoms with van der Waals surface area (Å²) in [5.41, 5.74) is 0.503. The summed E-state index contributed by atoms with van der Waals surface area (Å²) in [7, 11) is 0. The van der Waals surface area contributed by atoms with E-state index in [4.69, 9.17) is 11.6 Å². The minimum absolute atomic E-state index is 0.0261. The molecular formula is C10H13ClN4O2. The molecule has 0 atom stereocenters. The standard InChI is InChI=1S/C10H13ClN4O2/c11-9-7(5-16)10(14-6-13-9)15-3-1-8(17)12-2-4-15/h6,16H,1-5H2,(H,12,17). The van der Waals surface area contributed by atoms with E-state index in [1.807, 2.05) is 4.90 Å². The van der Waals surface area contributed by atoms with Crippen molar-refractivity contribution in [2.45, 2.75) is 13.0 Å². The summed E-state index contributed by atoms with van der Waals surface area (Å²) in [5, 5.41) is 12.3. The topological polar surface area (TPSA) is 78.4 Å². The molecule has 2 rings (SSSR count). The maximum absolute atomic E-state index is 11.2. The molecule has 2 heterocycles. The molecule has 1 aromatic heterocycles. The van der Waals surface area contributed by atoms with Gasteiger partial charge in [-0.1, -0.05) is 11.6 Å². The molecule has 0 bridgehead atoms. The predicted octanol–water partition coefficient (Wildman–Crippen LogP) is -0.0514. The first-order valence-corrected chi connectivity index (χ1v) is 5.72. The molecule has 1 fully saturated rings. The van der Waals surface area contributed by atoms with Gasteiger partial charge in [0.05, 0.1) is 12.2 Å². The molecule has 0 radical (unpaired) electrons. The Bertz CT molecular complexity index is 427. The van der Waals surface area contributed by atoms with E-state index in [9.17, 15) is 9.90 Å². The van der Waals surface area contributed by atoms with Gasteiger partial charge in [-0.25, -0.2) is 9.97 Å². The average Bonchev–Trinajstić information content (AvgIpc) is 2.54. The smallest absolute Gasteiger partial charge is 0.221 e. The molecule has 6 nitrogen and oxygen atoms in total. The van der Waals surface area contributed by atoms with Crippen LogP contribution >= 0.6 is 11.6 Å². The Morgan fingerprint density at radius 2 is 2.29 bits per heavy atom. The normalized spacial score (nSPS) is 16.6. The number of nitrogens with one attached hydrogen (secondary N) is 1. The third-order valence-corrected chi connectivity index (χ3v) is 2.97. The number of aromatic nitrogens is 2. The number of rotatable bonds is 2. The number of hydrogen-bond acceptors (Lipinski definition) is 5. The van der Waals surface area contributed by atoms with Crippen molar-refractivity contribution in [3.8, 4) is 0 Å². The number of anilines is 1. The van der Waals surface area contributed by atoms with Crippen molar-refractivity contribution in [3.63, 3.8) is 0 Å². The van der Waals surface area contributed by atoms with E-state index in [1.54, 1.807) is 0 Å². The first kappa shape index (κ1) is 12.1. The van der Waals surface area contributed by atoms with Crippen LogP contribution in [0.1, 0.15) is 12.0 Å². The van der Waals surface area contributed by atoms with Crippen molar-refractivity contribution in [3.05, 3.63) is 17.0 Å². The minimum atomic E-state index is -0.215. The van der Waals surface area contributed by atoms with Crippen molar-refractivity contribution in [2.24, 2.45) is 0 Å². The van der Waals surface area contributed by atoms with Gasteiger partial charge in [-0.05, 0) is 0 Å². The number of hydrogen-bond donors (Lipinski definition) is 2. The van der Waals surface area contributed by atoms with E-state index >= 15 is 0 Å². The van der Waals surface area contributed by atoms with E-state index in [1.165, 1.54) is 6.33 Å². The molecule has 1 aromatic rings. The molecule has 1 saturated heterocycles. The lowest BCUT2D eigenvalue weighted by atomic mass is 10.3. The highest BCUT2D eigenvalue weighted by molar-refractivity contribution is 6.30. The zero-order valence-electron chi connectivity index (χ0n) is 9.19. The maximum atomic E-state index is 11.2. The Hall–Kier alpha value is -1.40. The summed E-state index contributed by atoms with van der Waals surface area (Å²) in [5.74, 6) is 0.627. The molecule has 0 aromatic carbocycles. The molecule has 0 unspecified atom stereocenters. The summed E-state index contributed by atoms with van der Waals surface area (Å²) >= 11 is 5.90. The zero-order valence-corrected chi connectivity index (χ0v) is 9.94. The van der Waals surface area contributed by atoms with Crippen LogP contribution in [0.15, 0.2) is 6.33 Å². The second-order valence-electron chi connectivity index (χ2n) is 3.71. The Balaban J connectivity index is 2.26. The summed E-state index contributed by atoms with van der Waals surface area (Å²) in [4.78, 5) is 21.1. The molecular weight excluding hydrogens is 244 g/mol. The fourth-order valence-electron chi connectivity index (χ4n) is 1.77. The zero-order chi connectivity index (χ0) is 12.3. The lowest BCUT2D eigenvalue weighted by molar-refractivity contribution is -0.120. The highest BCUT2D eigenvalue weighted by Gasteiger charge is 2.19. The third-order valence-electron chi connectivity index (χ3n) is 2.64. The van der Waals surface area contributed by atoms with Crippen LogP contribution in [0.2, 0.25) is 5.15 Å². The molecule has 2 N–H and O–H groups in total. The fraction of sp³-hybridized carbons (Fsp3) is 0.500. The second kappa shape index (κ2) is 5.29. The van der Waals surface area contributed by atoms with Gasteiger partial charge in [0.1, 0.15) is 17.3 Å². The van der Waals surface area contributed by atoms with Crippen molar-refractivity contribution in [1.29, 1.82) is 0 Å². The molecule has 0 aliphatic carbocycles. The number of aliphatic hydroxyl groups excluding tert-OH is 1. The van der Waals surface area contributed by atoms with Gasteiger partial charge in [0.15, 0.2) is 0 Å². The number of aliphatic hydroxyl groups is 1. The van der Waals surface area contributed by atoms with Gasteiger partial charge >= 0.3 is 0 Å². The number of amides is 1. The van der Waals surface area contributed by atoms with Gasteiger partial charge in [-0.3, -0.25) is 4.79 Å². The third kappa shape index (κ3) is 2.65. The molecule has 0 spiro atoms. The number of halogens is 1. The first-order valence-electron chi connectivity index (χ1n) is 5.34. The maximum Gasteiger partial charge on any atom is 0.221 e. The number of nitrogens with zero attached hydrogens (tertiary/aromatic N) is 3. The van der Waals surface area contributed by atoms with Gasteiger partial charge in [-0.15, -0.1) is 0 Å². The van der Waals surface area contributed by atoms with Gasteiger partial charge in [-0.2, -0.15) is 0 Å². The van der Waals surface area contributed by atoms with E-state index in [0.29, 0.717) is 37.4 Å². The summed E-state index contributed by atoms with van der Waals surface area (Å²) in [6.45, 7) is 1.55. The Morgan fingerprint density at radius 3 is 3.06 bits per heavy atom. The van der Waals surface area contributed by atoms with Crippen LogP contribution in [0, 0.1) is 0 Å². The molecule has 0 saturated carbocycles. The fourth-order valence-corrected chi connectivity index (χ4v) is 1.96. The van der Waals surface area contributed by atoms with Gasteiger partial charge < -0.3 is 15.3 Å². The monoisotopic (exact) mass is 256 g/mol. The summed E-state index contributed by atoms with van der Waals surface area (Å²) in [6.07, 6.45) is 1.77. The van der Waals surface area contributed by atoms with Crippen molar-refractivity contribution >= 4 is 23.3 Å². The van der Waals surface area contributed by atoms with Crippen molar-refractivity contribution in [1.82, 2.24) is 15.3 Å². The predicted molar refractivity (Wildman–Crippen MR) is 62.8 cm³/mol. The first-order chi connectivity index (χ1) is 8.22. The van der Waals surface area contributed by atoms with Gasteiger partial charge in [0, 0.05) is 26.1 Å². The van der Waals surface area contributed by atoms with E-state index in [-0.39, 0.29) is 17.7 Å². The average molecular weight is 257 g/mol. The lowest BCUT2D eigenvalue weighted by Gasteiger charge is -2.22. The van der Waals surface area contributed by atoms with Crippen LogP contribution in [0.4, 0.5) is 5.82 Å². The Kier molecular flexibility index (Phi) is 3.75. The summed E-state index contributed by atoms with van der Waals surface area (Å²) < 4.78 is 0. The van der Waals surface area contributed by atoms with Crippen LogP contribution in [0.3, 0.4) is 0 Å². The van der Waals surface area contributed by atoms with Crippen molar-refractivity contribution in [2.75, 3.05) is 24.5 Å². The van der Waals surface area contributed by atoms with Crippen LogP contribution in [0.25, 0.3) is 0 Å². The molecule has 7 heteroatoms. The molecule has 92 valence electrons. The molecule has 17 heavy (non-hydrogen) atoms. The number of carbonyl (C=O) groups excluding carboxylic acids is 1. The Morgan fingerprint density at radius 1 is 1.47 bits per heavy atom. The van der Waals surface area contributed by atoms with Crippen LogP contribution in [0.5, 0.6) is 0 Å². The van der Waals surface area contributed by atoms with E-state index < -0.39 is 0 Å². The van der Waals surface area contributed by atoms with Crippen LogP contribution in [-0.2, 0) is 11.4 Å². The van der Waals surface area contributed by atoms with E-state index in [0.717, 1.165) is 0 Å². The highest BCUT2D eigenvalue weighted by atomic mass is 35.5. The lowest BCUT2D eigenvalue weighted by Crippen LogP contribution is -2.30. The highest BCUT2D eigenvalue weighted by Crippen LogP contribution is 2.23. The van der Waals surface area contributed by atoms with Crippen molar-refractivity contribution < 1.29 is 9.90 Å². The molecule has 1 aliphatic rings. The minimum Gasteiger partial charge on any atom is -0.391 e. The second-order valence-corrected chi connectivity index (χ2v) is 4.07. The largest absolute Gasteiger partial charge is 0.391 e. The van der Waals surface area contributed by atoms with Gasteiger partial charge in [0.2, 0.25) is 5.91 Å². The number of carbonyl (C=O) groups is 1. The molecule has 1 amide bonds. The molecule has 1 aliphatic heterocycles. The summed E-state index contributed by atoms with van der Waals surface area (Å²) in [6, 6.07) is 0. The SMILES string of the molecule is O=C1CCN(c2ncnc(Cl)c2CO)CCN1. The Labute approximate surface area is 104 Å². The quantitative estimate of drug-likeness (QED) is 0.726. The van der Waals surface area contributed by atoms with Crippen LogP contribution < -0.4 is 10.2 Å². The van der Waals surface area contributed by atoms with Gasteiger partial charge in [0.25, 0.3) is 0 Å². The van der Waals surface area contributed by atoms with Crippen LogP contribution in [-0.4, -0.2) is 40.6 Å².